The van der Waals surface area contributed by atoms with Crippen LogP contribution in [0.25, 0.3) is 0 Å². The molecule has 0 aliphatic heterocycles. The number of carboxylic acid groups (broad SMARTS) is 1. The standard InChI is InChI=1S/C11H7ClN2O3/c12-9-6-7(4-5-13-9)17-10-3-1-2-8(14-10)11(15)16/h1-6H,(H,15,16). The number of pyridine rings is 2. The first-order chi connectivity index (χ1) is 8.15. The molecule has 2 aromatic heterocycles. The fourth-order valence-corrected chi connectivity index (χ4v) is 1.32. The van der Waals surface area contributed by atoms with Crippen LogP contribution in [0, 0.1) is 0 Å². The Kier molecular flexibility index (Phi) is 3.20. The van der Waals surface area contributed by atoms with Crippen molar-refractivity contribution < 1.29 is 14.6 Å². The molecule has 0 amide bonds. The number of aromatic carboxylic acids is 1. The van der Waals surface area contributed by atoms with Crippen LogP contribution in [-0.4, -0.2) is 21.0 Å². The first-order valence-electron chi connectivity index (χ1n) is 4.65. The van der Waals surface area contributed by atoms with Crippen molar-refractivity contribution in [2.24, 2.45) is 0 Å². The summed E-state index contributed by atoms with van der Waals surface area (Å²) in [4.78, 5) is 18.3. The molecular weight excluding hydrogens is 244 g/mol. The van der Waals surface area contributed by atoms with E-state index in [1.54, 1.807) is 18.2 Å². The van der Waals surface area contributed by atoms with Crippen LogP contribution in [0.5, 0.6) is 11.6 Å². The largest absolute Gasteiger partial charge is 0.477 e. The molecule has 1 N–H and O–H groups in total. The molecule has 2 aromatic rings. The van der Waals surface area contributed by atoms with Gasteiger partial charge in [-0.1, -0.05) is 17.7 Å². The van der Waals surface area contributed by atoms with Gasteiger partial charge in [-0.05, 0) is 12.1 Å². The third-order valence-electron chi connectivity index (χ3n) is 1.86. The quantitative estimate of drug-likeness (QED) is 0.848. The Bertz CT molecular complexity index is 560. The molecule has 0 fully saturated rings. The van der Waals surface area contributed by atoms with Crippen molar-refractivity contribution >= 4 is 17.6 Å². The molecule has 0 aliphatic carbocycles. The average Bonchev–Trinajstić information content (AvgIpc) is 2.29. The van der Waals surface area contributed by atoms with Gasteiger partial charge in [-0.15, -0.1) is 0 Å². The maximum atomic E-state index is 10.7. The second-order valence-electron chi connectivity index (χ2n) is 3.08. The number of carbonyl (C=O) groups is 1. The van der Waals surface area contributed by atoms with Gasteiger partial charge in [-0.3, -0.25) is 0 Å². The van der Waals surface area contributed by atoms with Crippen molar-refractivity contribution in [2.75, 3.05) is 0 Å². The van der Waals surface area contributed by atoms with Crippen molar-refractivity contribution in [1.29, 1.82) is 0 Å². The molecule has 6 heteroatoms. The molecule has 2 heterocycles. The molecule has 0 aromatic carbocycles. The van der Waals surface area contributed by atoms with Gasteiger partial charge in [0, 0.05) is 18.3 Å². The Morgan fingerprint density at radius 3 is 2.88 bits per heavy atom. The fraction of sp³-hybridized carbons (Fsp3) is 0. The first-order valence-corrected chi connectivity index (χ1v) is 5.03. The van der Waals surface area contributed by atoms with Gasteiger partial charge in [0.2, 0.25) is 5.88 Å². The number of aromatic nitrogens is 2. The van der Waals surface area contributed by atoms with Crippen molar-refractivity contribution in [3.05, 3.63) is 47.4 Å². The molecule has 17 heavy (non-hydrogen) atoms. The van der Waals surface area contributed by atoms with Gasteiger partial charge >= 0.3 is 5.97 Å². The van der Waals surface area contributed by atoms with E-state index in [4.69, 9.17) is 21.4 Å². The summed E-state index contributed by atoms with van der Waals surface area (Å²) in [5, 5.41) is 9.06. The smallest absolute Gasteiger partial charge is 0.354 e. The van der Waals surface area contributed by atoms with E-state index in [2.05, 4.69) is 9.97 Å². The highest BCUT2D eigenvalue weighted by Gasteiger charge is 2.06. The topological polar surface area (TPSA) is 72.3 Å². The Morgan fingerprint density at radius 1 is 1.35 bits per heavy atom. The number of nitrogens with zero attached hydrogens (tertiary/aromatic N) is 2. The molecular formula is C11H7ClN2O3. The van der Waals surface area contributed by atoms with E-state index in [9.17, 15) is 4.79 Å². The van der Waals surface area contributed by atoms with Gasteiger partial charge in [0.15, 0.2) is 5.69 Å². The van der Waals surface area contributed by atoms with Gasteiger partial charge in [0.1, 0.15) is 10.9 Å². The van der Waals surface area contributed by atoms with Gasteiger partial charge < -0.3 is 9.84 Å². The highest BCUT2D eigenvalue weighted by Crippen LogP contribution is 2.21. The number of hydrogen-bond donors (Lipinski definition) is 1. The Morgan fingerprint density at radius 2 is 2.18 bits per heavy atom. The lowest BCUT2D eigenvalue weighted by molar-refractivity contribution is 0.0689. The first kappa shape index (κ1) is 11.3. The summed E-state index contributed by atoms with van der Waals surface area (Å²) in [5.74, 6) is -0.476. The highest BCUT2D eigenvalue weighted by molar-refractivity contribution is 6.29. The summed E-state index contributed by atoms with van der Waals surface area (Å²) in [5.41, 5.74) is -0.0809. The van der Waals surface area contributed by atoms with E-state index < -0.39 is 5.97 Å². The van der Waals surface area contributed by atoms with E-state index in [0.29, 0.717) is 5.75 Å². The SMILES string of the molecule is O=C(O)c1cccc(Oc2ccnc(Cl)c2)n1. The van der Waals surface area contributed by atoms with Crippen molar-refractivity contribution in [3.63, 3.8) is 0 Å². The van der Waals surface area contributed by atoms with Crippen molar-refractivity contribution in [2.45, 2.75) is 0 Å². The highest BCUT2D eigenvalue weighted by atomic mass is 35.5. The van der Waals surface area contributed by atoms with Crippen molar-refractivity contribution in [1.82, 2.24) is 9.97 Å². The third-order valence-corrected chi connectivity index (χ3v) is 2.07. The maximum Gasteiger partial charge on any atom is 0.354 e. The number of halogens is 1. The van der Waals surface area contributed by atoms with Gasteiger partial charge in [-0.2, -0.15) is 0 Å². The summed E-state index contributed by atoms with van der Waals surface area (Å²) >= 11 is 5.69. The zero-order valence-electron chi connectivity index (χ0n) is 8.50. The second kappa shape index (κ2) is 4.80. The Hall–Kier alpha value is -2.14. The van der Waals surface area contributed by atoms with E-state index >= 15 is 0 Å². The Balaban J connectivity index is 2.24. The van der Waals surface area contributed by atoms with E-state index in [-0.39, 0.29) is 16.7 Å². The molecule has 2 rings (SSSR count). The minimum Gasteiger partial charge on any atom is -0.477 e. The minimum absolute atomic E-state index is 0.0809. The van der Waals surface area contributed by atoms with Crippen LogP contribution in [0.3, 0.4) is 0 Å². The lowest BCUT2D eigenvalue weighted by Crippen LogP contribution is -2.00. The van der Waals surface area contributed by atoms with Crippen LogP contribution in [-0.2, 0) is 0 Å². The van der Waals surface area contributed by atoms with Crippen LogP contribution < -0.4 is 4.74 Å². The van der Waals surface area contributed by atoms with E-state index in [0.717, 1.165) is 0 Å². The van der Waals surface area contributed by atoms with E-state index in [1.165, 1.54) is 18.3 Å². The number of hydrogen-bond acceptors (Lipinski definition) is 4. The lowest BCUT2D eigenvalue weighted by atomic mass is 10.3. The summed E-state index contributed by atoms with van der Waals surface area (Å²) in [6.07, 6.45) is 1.48. The molecule has 86 valence electrons. The summed E-state index contributed by atoms with van der Waals surface area (Å²) < 4.78 is 5.35. The zero-order valence-corrected chi connectivity index (χ0v) is 9.26. The normalized spacial score (nSPS) is 9.94. The molecule has 0 spiro atoms. The summed E-state index contributed by atoms with van der Waals surface area (Å²) in [6.45, 7) is 0. The van der Waals surface area contributed by atoms with Crippen LogP contribution in [0.1, 0.15) is 10.5 Å². The summed E-state index contributed by atoms with van der Waals surface area (Å²) in [7, 11) is 0. The van der Waals surface area contributed by atoms with Crippen LogP contribution in [0.15, 0.2) is 36.5 Å². The zero-order chi connectivity index (χ0) is 12.3. The van der Waals surface area contributed by atoms with Gasteiger partial charge in [-0.25, -0.2) is 14.8 Å². The predicted octanol–water partition coefficient (Wildman–Crippen LogP) is 2.62. The number of rotatable bonds is 3. The lowest BCUT2D eigenvalue weighted by Gasteiger charge is -2.04. The maximum absolute atomic E-state index is 10.7. The average molecular weight is 251 g/mol. The third kappa shape index (κ3) is 2.92. The molecule has 0 saturated carbocycles. The molecule has 0 saturated heterocycles. The Labute approximate surface area is 102 Å². The fourth-order valence-electron chi connectivity index (χ4n) is 1.16. The molecule has 0 unspecified atom stereocenters. The van der Waals surface area contributed by atoms with Crippen molar-refractivity contribution in [3.8, 4) is 11.6 Å². The van der Waals surface area contributed by atoms with Gasteiger partial charge in [0.05, 0.1) is 0 Å². The second-order valence-corrected chi connectivity index (χ2v) is 3.47. The monoisotopic (exact) mass is 250 g/mol. The van der Waals surface area contributed by atoms with Gasteiger partial charge in [0.25, 0.3) is 0 Å². The van der Waals surface area contributed by atoms with Crippen LogP contribution >= 0.6 is 11.6 Å². The summed E-state index contributed by atoms with van der Waals surface area (Å²) in [6, 6.07) is 7.60. The van der Waals surface area contributed by atoms with Crippen LogP contribution in [0.2, 0.25) is 5.15 Å². The number of ether oxygens (including phenoxy) is 1. The number of carboxylic acids is 1. The van der Waals surface area contributed by atoms with E-state index in [1.807, 2.05) is 0 Å². The molecule has 0 aliphatic rings. The van der Waals surface area contributed by atoms with Crippen LogP contribution in [0.4, 0.5) is 0 Å². The molecule has 0 atom stereocenters. The molecule has 0 bridgehead atoms. The molecule has 0 radical (unpaired) electrons. The predicted molar refractivity (Wildman–Crippen MR) is 60.5 cm³/mol. The minimum atomic E-state index is -1.11. The molecule has 5 nitrogen and oxygen atoms in total.